The summed E-state index contributed by atoms with van der Waals surface area (Å²) in [5, 5.41) is 4.45. The first kappa shape index (κ1) is 22.5. The van der Waals surface area contributed by atoms with Gasteiger partial charge in [0.05, 0.1) is 22.7 Å². The Hall–Kier alpha value is -3.66. The average molecular weight is 471 g/mol. The lowest BCUT2D eigenvalue weighted by molar-refractivity contribution is 0.0984. The molecule has 0 aliphatic rings. The van der Waals surface area contributed by atoms with Crippen molar-refractivity contribution in [2.24, 2.45) is 0 Å². The summed E-state index contributed by atoms with van der Waals surface area (Å²) in [6.07, 6.45) is 2.98. The monoisotopic (exact) mass is 470 g/mol. The summed E-state index contributed by atoms with van der Waals surface area (Å²) in [6.45, 7) is 1.66. The number of carbonyl (C=O) groups is 1. The number of benzene rings is 2. The van der Waals surface area contributed by atoms with Crippen molar-refractivity contribution < 1.29 is 22.0 Å². The first-order valence-corrected chi connectivity index (χ1v) is 11.8. The van der Waals surface area contributed by atoms with Gasteiger partial charge in [-0.3, -0.25) is 9.52 Å². The number of rotatable bonds is 8. The van der Waals surface area contributed by atoms with Crippen LogP contribution >= 0.6 is 0 Å². The number of carbonyl (C=O) groups excluding carboxylic acids is 1. The molecular formula is C23H20F2N4O3S. The van der Waals surface area contributed by atoms with Crippen molar-refractivity contribution in [3.63, 3.8) is 0 Å². The number of nitrogens with zero attached hydrogens (tertiary/aromatic N) is 3. The number of hydrogen-bond donors (Lipinski definition) is 1. The lowest BCUT2D eigenvalue weighted by Gasteiger charge is -2.11. The van der Waals surface area contributed by atoms with Gasteiger partial charge in [0.2, 0.25) is 10.0 Å². The van der Waals surface area contributed by atoms with E-state index in [0.717, 1.165) is 17.7 Å². The minimum atomic E-state index is -3.81. The molecule has 1 N–H and O–H groups in total. The molecule has 0 saturated carbocycles. The predicted octanol–water partition coefficient (Wildman–Crippen LogP) is 4.25. The van der Waals surface area contributed by atoms with Crippen molar-refractivity contribution in [3.05, 3.63) is 83.7 Å². The van der Waals surface area contributed by atoms with Gasteiger partial charge in [0.15, 0.2) is 17.2 Å². The summed E-state index contributed by atoms with van der Waals surface area (Å²) in [5.41, 5.74) is 1.25. The molecule has 0 saturated heterocycles. The Bertz CT molecular complexity index is 1440. The largest absolute Gasteiger partial charge is 0.294 e. The quantitative estimate of drug-likeness (QED) is 0.389. The third-order valence-electron chi connectivity index (χ3n) is 4.91. The van der Waals surface area contributed by atoms with Gasteiger partial charge in [-0.15, -0.1) is 0 Å². The summed E-state index contributed by atoms with van der Waals surface area (Å²) >= 11 is 0. The van der Waals surface area contributed by atoms with Crippen molar-refractivity contribution in [3.8, 4) is 11.3 Å². The Morgan fingerprint density at radius 3 is 2.61 bits per heavy atom. The molecule has 0 radical (unpaired) electrons. The summed E-state index contributed by atoms with van der Waals surface area (Å²) < 4.78 is 56.7. The second kappa shape index (κ2) is 9.07. The number of ketones is 1. The number of halogens is 2. The highest BCUT2D eigenvalue weighted by molar-refractivity contribution is 7.92. The Kier molecular flexibility index (Phi) is 6.19. The minimum Gasteiger partial charge on any atom is -0.294 e. The van der Waals surface area contributed by atoms with E-state index in [1.807, 2.05) is 30.3 Å². The van der Waals surface area contributed by atoms with E-state index >= 15 is 0 Å². The SMILES string of the molecule is CCCS(=O)(=O)Nc1ccc(F)c(C(=O)Cc2cnc3cc(-c4ccccc4)nn3c2)c1F. The lowest BCUT2D eigenvalue weighted by Crippen LogP contribution is -2.19. The van der Waals surface area contributed by atoms with Crippen molar-refractivity contribution >= 4 is 27.1 Å². The van der Waals surface area contributed by atoms with Crippen molar-refractivity contribution in [1.29, 1.82) is 0 Å². The number of nitrogens with one attached hydrogen (secondary N) is 1. The highest BCUT2D eigenvalue weighted by Gasteiger charge is 2.23. The predicted molar refractivity (Wildman–Crippen MR) is 121 cm³/mol. The molecule has 33 heavy (non-hydrogen) atoms. The number of sulfonamides is 1. The van der Waals surface area contributed by atoms with E-state index in [1.165, 1.54) is 10.7 Å². The van der Waals surface area contributed by atoms with Crippen LogP contribution in [0.4, 0.5) is 14.5 Å². The third kappa shape index (κ3) is 4.90. The molecule has 0 atom stereocenters. The summed E-state index contributed by atoms with van der Waals surface area (Å²) in [4.78, 5) is 17.0. The lowest BCUT2D eigenvalue weighted by atomic mass is 10.0. The van der Waals surface area contributed by atoms with Crippen LogP contribution in [0.3, 0.4) is 0 Å². The van der Waals surface area contributed by atoms with Gasteiger partial charge in [-0.25, -0.2) is 26.7 Å². The molecule has 0 bridgehead atoms. The van der Waals surface area contributed by atoms with Crippen LogP contribution in [0.25, 0.3) is 16.9 Å². The van der Waals surface area contributed by atoms with Crippen LogP contribution in [0.2, 0.25) is 0 Å². The second-order valence-electron chi connectivity index (χ2n) is 7.47. The number of Topliss-reactive ketones (excluding diaryl/α,β-unsaturated/α-hetero) is 1. The maximum absolute atomic E-state index is 14.9. The molecule has 0 aliphatic heterocycles. The fraction of sp³-hybridized carbons (Fsp3) is 0.174. The zero-order valence-corrected chi connectivity index (χ0v) is 18.4. The zero-order valence-electron chi connectivity index (χ0n) is 17.6. The second-order valence-corrected chi connectivity index (χ2v) is 9.31. The van der Waals surface area contributed by atoms with Crippen molar-refractivity contribution in [2.75, 3.05) is 10.5 Å². The van der Waals surface area contributed by atoms with Crippen LogP contribution < -0.4 is 4.72 Å². The Morgan fingerprint density at radius 1 is 1.12 bits per heavy atom. The topological polar surface area (TPSA) is 93.4 Å². The fourth-order valence-electron chi connectivity index (χ4n) is 3.40. The van der Waals surface area contributed by atoms with Gasteiger partial charge in [-0.2, -0.15) is 5.10 Å². The average Bonchev–Trinajstić information content (AvgIpc) is 3.20. The van der Waals surface area contributed by atoms with Gasteiger partial charge >= 0.3 is 0 Å². The molecule has 0 amide bonds. The van der Waals surface area contributed by atoms with Crippen LogP contribution in [0.5, 0.6) is 0 Å². The molecule has 0 fully saturated rings. The summed E-state index contributed by atoms with van der Waals surface area (Å²) in [7, 11) is -3.81. The molecule has 10 heteroatoms. The normalized spacial score (nSPS) is 11.6. The number of hydrogen-bond acceptors (Lipinski definition) is 5. The summed E-state index contributed by atoms with van der Waals surface area (Å²) in [6, 6.07) is 13.1. The van der Waals surface area contributed by atoms with Gasteiger partial charge in [-0.05, 0) is 24.1 Å². The van der Waals surface area contributed by atoms with Gasteiger partial charge in [0, 0.05) is 30.4 Å². The van der Waals surface area contributed by atoms with Crippen molar-refractivity contribution in [1.82, 2.24) is 14.6 Å². The standard InChI is InChI=1S/C23H20F2N4O3S/c1-2-10-33(31,32)28-18-9-8-17(24)22(23(18)25)20(30)11-15-13-26-21-12-19(27-29(21)14-15)16-6-4-3-5-7-16/h3-9,12-14,28H,2,10-11H2,1H3. The molecule has 7 nitrogen and oxygen atoms in total. The van der Waals surface area contributed by atoms with Crippen LogP contribution in [-0.4, -0.2) is 34.6 Å². The van der Waals surface area contributed by atoms with E-state index in [-0.39, 0.29) is 12.2 Å². The highest BCUT2D eigenvalue weighted by Crippen LogP contribution is 2.24. The molecular weight excluding hydrogens is 450 g/mol. The highest BCUT2D eigenvalue weighted by atomic mass is 32.2. The molecule has 2 heterocycles. The van der Waals surface area contributed by atoms with E-state index in [1.54, 1.807) is 19.2 Å². The van der Waals surface area contributed by atoms with E-state index in [0.29, 0.717) is 23.3 Å². The van der Waals surface area contributed by atoms with Gasteiger partial charge < -0.3 is 0 Å². The Balaban J connectivity index is 1.61. The molecule has 4 rings (SSSR count). The molecule has 2 aromatic carbocycles. The number of aromatic nitrogens is 3. The van der Waals surface area contributed by atoms with E-state index in [2.05, 4.69) is 14.8 Å². The molecule has 0 spiro atoms. The maximum Gasteiger partial charge on any atom is 0.232 e. The molecule has 4 aromatic rings. The zero-order chi connectivity index (χ0) is 23.6. The Labute approximate surface area is 189 Å². The van der Waals surface area contributed by atoms with Gasteiger partial charge in [-0.1, -0.05) is 37.3 Å². The smallest absolute Gasteiger partial charge is 0.232 e. The van der Waals surface area contributed by atoms with E-state index in [9.17, 15) is 22.0 Å². The van der Waals surface area contributed by atoms with Gasteiger partial charge in [0.25, 0.3) is 0 Å². The molecule has 2 aromatic heterocycles. The first-order valence-electron chi connectivity index (χ1n) is 10.2. The number of anilines is 1. The van der Waals surface area contributed by atoms with E-state index in [4.69, 9.17) is 0 Å². The molecule has 0 unspecified atom stereocenters. The minimum absolute atomic E-state index is 0.229. The first-order chi connectivity index (χ1) is 15.8. The van der Waals surface area contributed by atoms with Crippen LogP contribution in [0.15, 0.2) is 60.9 Å². The van der Waals surface area contributed by atoms with Gasteiger partial charge in [0.1, 0.15) is 5.82 Å². The maximum atomic E-state index is 14.9. The number of fused-ring (bicyclic) bond motifs is 1. The van der Waals surface area contributed by atoms with Crippen LogP contribution in [0.1, 0.15) is 29.3 Å². The van der Waals surface area contributed by atoms with Crippen LogP contribution in [-0.2, 0) is 16.4 Å². The summed E-state index contributed by atoms with van der Waals surface area (Å²) in [5.74, 6) is -3.40. The Morgan fingerprint density at radius 2 is 1.88 bits per heavy atom. The third-order valence-corrected chi connectivity index (χ3v) is 6.39. The van der Waals surface area contributed by atoms with Crippen LogP contribution in [0, 0.1) is 11.6 Å². The van der Waals surface area contributed by atoms with E-state index < -0.39 is 38.7 Å². The fourth-order valence-corrected chi connectivity index (χ4v) is 4.54. The molecule has 0 aliphatic carbocycles. The molecule has 170 valence electrons. The van der Waals surface area contributed by atoms with Crippen molar-refractivity contribution in [2.45, 2.75) is 19.8 Å².